The van der Waals surface area contributed by atoms with Crippen LogP contribution < -0.4 is 0 Å². The average Bonchev–Trinajstić information content (AvgIpc) is 2.95. The van der Waals surface area contributed by atoms with Gasteiger partial charge in [-0.05, 0) is 115 Å². The number of alkyl halides is 1. The Morgan fingerprint density at radius 1 is 0.550 bits per heavy atom. The molecule has 234 valence electrons. The number of carbonyl (C=O) groups excluding carboxylic acids is 1. The molecule has 0 aliphatic rings. The first kappa shape index (κ1) is 39.2. The summed E-state index contributed by atoms with van der Waals surface area (Å²) in [4.78, 5) is 12.8. The molecule has 0 saturated carbocycles. The summed E-state index contributed by atoms with van der Waals surface area (Å²) in [5.74, 6) is 0.480. The van der Waals surface area contributed by atoms with Gasteiger partial charge in [-0.2, -0.15) is 0 Å². The standard InChI is InChI=1S/C37H67BrO2/c1-4-7-10-13-16-19-22-25-30-35(31-26-23-20-17-14-11-8-5-2)36(40-37(39)33-28-29-34-38)32-27-24-21-18-15-12-9-6-3/h16-21,35-36H,4-15,22-34H2,1-3H3/b19-16-,20-17-,21-18+. The van der Waals surface area contributed by atoms with E-state index < -0.39 is 0 Å². The van der Waals surface area contributed by atoms with E-state index in [1.165, 1.54) is 89.9 Å². The first-order chi connectivity index (χ1) is 19.7. The van der Waals surface area contributed by atoms with Gasteiger partial charge in [0.05, 0.1) is 0 Å². The summed E-state index contributed by atoms with van der Waals surface area (Å²) >= 11 is 3.49. The van der Waals surface area contributed by atoms with Crippen LogP contribution in [0.4, 0.5) is 0 Å². The van der Waals surface area contributed by atoms with Gasteiger partial charge in [-0.25, -0.2) is 0 Å². The van der Waals surface area contributed by atoms with Gasteiger partial charge in [0, 0.05) is 11.8 Å². The molecule has 0 fully saturated rings. The second-order valence-electron chi connectivity index (χ2n) is 11.6. The summed E-state index contributed by atoms with van der Waals surface area (Å²) in [5, 5.41) is 0.953. The average molecular weight is 624 g/mol. The third-order valence-corrected chi connectivity index (χ3v) is 8.31. The van der Waals surface area contributed by atoms with Crippen molar-refractivity contribution in [2.45, 2.75) is 181 Å². The summed E-state index contributed by atoms with van der Waals surface area (Å²) < 4.78 is 6.25. The molecule has 0 aromatic rings. The van der Waals surface area contributed by atoms with Crippen molar-refractivity contribution in [3.8, 4) is 0 Å². The number of allylic oxidation sites excluding steroid dienone is 6. The van der Waals surface area contributed by atoms with Gasteiger partial charge < -0.3 is 4.74 Å². The summed E-state index contributed by atoms with van der Waals surface area (Å²) in [6.45, 7) is 6.79. The van der Waals surface area contributed by atoms with E-state index >= 15 is 0 Å². The third kappa shape index (κ3) is 27.3. The van der Waals surface area contributed by atoms with Crippen molar-refractivity contribution in [3.63, 3.8) is 0 Å². The molecule has 0 saturated heterocycles. The van der Waals surface area contributed by atoms with Crippen molar-refractivity contribution < 1.29 is 9.53 Å². The fourth-order valence-electron chi connectivity index (χ4n) is 5.17. The minimum absolute atomic E-state index is 0.0118. The van der Waals surface area contributed by atoms with Crippen LogP contribution in [0.5, 0.6) is 0 Å². The van der Waals surface area contributed by atoms with Crippen LogP contribution in [0.1, 0.15) is 175 Å². The van der Waals surface area contributed by atoms with Gasteiger partial charge in [-0.3, -0.25) is 4.79 Å². The molecule has 0 aliphatic carbocycles. The highest BCUT2D eigenvalue weighted by atomic mass is 79.9. The van der Waals surface area contributed by atoms with Gasteiger partial charge in [0.1, 0.15) is 6.10 Å². The lowest BCUT2D eigenvalue weighted by molar-refractivity contribution is -0.152. The van der Waals surface area contributed by atoms with Crippen LogP contribution in [0.3, 0.4) is 0 Å². The van der Waals surface area contributed by atoms with E-state index in [0.29, 0.717) is 12.3 Å². The number of unbranched alkanes of at least 4 members (excludes halogenated alkanes) is 13. The lowest BCUT2D eigenvalue weighted by Crippen LogP contribution is -2.27. The smallest absolute Gasteiger partial charge is 0.306 e. The fraction of sp³-hybridized carbons (Fsp3) is 0.811. The molecule has 0 amide bonds. The van der Waals surface area contributed by atoms with Crippen molar-refractivity contribution in [1.29, 1.82) is 0 Å². The van der Waals surface area contributed by atoms with Crippen molar-refractivity contribution in [1.82, 2.24) is 0 Å². The number of carbonyl (C=O) groups is 1. The van der Waals surface area contributed by atoms with E-state index in [1.807, 2.05) is 0 Å². The fourth-order valence-corrected chi connectivity index (χ4v) is 5.57. The van der Waals surface area contributed by atoms with Crippen LogP contribution in [-0.2, 0) is 9.53 Å². The third-order valence-electron chi connectivity index (χ3n) is 7.75. The number of rotatable bonds is 30. The van der Waals surface area contributed by atoms with Crippen LogP contribution in [-0.4, -0.2) is 17.4 Å². The van der Waals surface area contributed by atoms with Crippen molar-refractivity contribution in [2.75, 3.05) is 5.33 Å². The van der Waals surface area contributed by atoms with Gasteiger partial charge >= 0.3 is 5.97 Å². The quantitative estimate of drug-likeness (QED) is 0.0344. The second-order valence-corrected chi connectivity index (χ2v) is 12.4. The highest BCUT2D eigenvalue weighted by molar-refractivity contribution is 9.09. The lowest BCUT2D eigenvalue weighted by Gasteiger charge is -2.27. The first-order valence-corrected chi connectivity index (χ1v) is 18.5. The van der Waals surface area contributed by atoms with E-state index in [4.69, 9.17) is 4.74 Å². The molecule has 1 atom stereocenters. The maximum absolute atomic E-state index is 12.8. The SMILES string of the molecule is CCCCC/C=C\CCCC(CCC/C=C\CCCCC)C(CCC/C=C/CCCCC)OC(=O)CCCCBr. The molecule has 0 aromatic carbocycles. The largest absolute Gasteiger partial charge is 0.462 e. The molecule has 3 heteroatoms. The molecule has 0 N–H and O–H groups in total. The number of hydrogen-bond donors (Lipinski definition) is 0. The van der Waals surface area contributed by atoms with Crippen LogP contribution in [0.2, 0.25) is 0 Å². The van der Waals surface area contributed by atoms with Gasteiger partial charge in [-0.1, -0.05) is 112 Å². The molecule has 2 nitrogen and oxygen atoms in total. The molecule has 0 bridgehead atoms. The molecule has 0 aliphatic heterocycles. The van der Waals surface area contributed by atoms with E-state index in [-0.39, 0.29) is 12.1 Å². The molecule has 0 spiro atoms. The van der Waals surface area contributed by atoms with Crippen LogP contribution in [0.25, 0.3) is 0 Å². The Balaban J connectivity index is 5.05. The minimum atomic E-state index is 0.0118. The van der Waals surface area contributed by atoms with E-state index in [0.717, 1.165) is 63.1 Å². The van der Waals surface area contributed by atoms with E-state index in [2.05, 4.69) is 73.2 Å². The zero-order valence-electron chi connectivity index (χ0n) is 27.0. The number of ether oxygens (including phenoxy) is 1. The normalized spacial score (nSPS) is 12.9. The van der Waals surface area contributed by atoms with Gasteiger partial charge in [0.2, 0.25) is 0 Å². The molecular weight excluding hydrogens is 556 g/mol. The summed E-state index contributed by atoms with van der Waals surface area (Å²) in [6.07, 6.45) is 42.3. The maximum atomic E-state index is 12.8. The highest BCUT2D eigenvalue weighted by Crippen LogP contribution is 2.27. The zero-order chi connectivity index (χ0) is 29.4. The molecule has 1 unspecified atom stereocenters. The Labute approximate surface area is 259 Å². The molecule has 0 rings (SSSR count). The molecule has 0 radical (unpaired) electrons. The predicted octanol–water partition coefficient (Wildman–Crippen LogP) is 13.0. The summed E-state index contributed by atoms with van der Waals surface area (Å²) in [6, 6.07) is 0. The number of halogens is 1. The van der Waals surface area contributed by atoms with Gasteiger partial charge in [-0.15, -0.1) is 0 Å². The van der Waals surface area contributed by atoms with E-state index in [9.17, 15) is 4.79 Å². The Bertz CT molecular complexity index is 583. The van der Waals surface area contributed by atoms with Crippen molar-refractivity contribution >= 4 is 21.9 Å². The molecule has 0 heterocycles. The topological polar surface area (TPSA) is 26.3 Å². The monoisotopic (exact) mass is 622 g/mol. The van der Waals surface area contributed by atoms with Crippen LogP contribution in [0, 0.1) is 5.92 Å². The van der Waals surface area contributed by atoms with Crippen molar-refractivity contribution in [2.24, 2.45) is 5.92 Å². The highest BCUT2D eigenvalue weighted by Gasteiger charge is 2.24. The Kier molecular flexibility index (Phi) is 32.0. The number of esters is 1. The summed E-state index contributed by atoms with van der Waals surface area (Å²) in [7, 11) is 0. The lowest BCUT2D eigenvalue weighted by atomic mass is 9.87. The molecule has 0 aromatic heterocycles. The van der Waals surface area contributed by atoms with Crippen LogP contribution >= 0.6 is 15.9 Å². The molecular formula is C37H67BrO2. The Morgan fingerprint density at radius 3 is 1.35 bits per heavy atom. The zero-order valence-corrected chi connectivity index (χ0v) is 28.6. The minimum Gasteiger partial charge on any atom is -0.462 e. The maximum Gasteiger partial charge on any atom is 0.306 e. The first-order valence-electron chi connectivity index (χ1n) is 17.4. The van der Waals surface area contributed by atoms with Crippen LogP contribution in [0.15, 0.2) is 36.5 Å². The number of hydrogen-bond acceptors (Lipinski definition) is 2. The molecule has 40 heavy (non-hydrogen) atoms. The summed E-state index contributed by atoms with van der Waals surface area (Å²) in [5.41, 5.74) is 0. The Morgan fingerprint density at radius 2 is 0.950 bits per heavy atom. The van der Waals surface area contributed by atoms with Gasteiger partial charge in [0.25, 0.3) is 0 Å². The second kappa shape index (κ2) is 32.7. The predicted molar refractivity (Wildman–Crippen MR) is 182 cm³/mol. The van der Waals surface area contributed by atoms with Gasteiger partial charge in [0.15, 0.2) is 0 Å². The Hall–Kier alpha value is -0.830. The van der Waals surface area contributed by atoms with Crippen molar-refractivity contribution in [3.05, 3.63) is 36.5 Å². The van der Waals surface area contributed by atoms with E-state index in [1.54, 1.807) is 0 Å².